The molecule has 0 radical (unpaired) electrons. The van der Waals surface area contributed by atoms with Crippen LogP contribution in [-0.2, 0) is 6.42 Å². The molecule has 0 spiro atoms. The van der Waals surface area contributed by atoms with Gasteiger partial charge in [-0.15, -0.1) is 0 Å². The lowest BCUT2D eigenvalue weighted by molar-refractivity contribution is 0.478. The highest BCUT2D eigenvalue weighted by Crippen LogP contribution is 2.29. The highest BCUT2D eigenvalue weighted by Gasteiger charge is 2.22. The number of rotatable bonds is 4. The molecule has 1 aromatic carbocycles. The second-order valence-corrected chi connectivity index (χ2v) is 5.24. The SMILES string of the molecule is CCC(CN1CC(C)Cc2ccccc21)NC. The van der Waals surface area contributed by atoms with Crippen LogP contribution in [0.15, 0.2) is 24.3 Å². The number of para-hydroxylation sites is 1. The Morgan fingerprint density at radius 3 is 2.88 bits per heavy atom. The molecule has 0 bridgehead atoms. The summed E-state index contributed by atoms with van der Waals surface area (Å²) in [6.45, 7) is 6.91. The van der Waals surface area contributed by atoms with Crippen molar-refractivity contribution in [1.29, 1.82) is 0 Å². The molecule has 0 saturated heterocycles. The zero-order valence-electron chi connectivity index (χ0n) is 11.2. The van der Waals surface area contributed by atoms with Gasteiger partial charge in [0.2, 0.25) is 0 Å². The Morgan fingerprint density at radius 2 is 2.18 bits per heavy atom. The molecule has 2 atom stereocenters. The highest BCUT2D eigenvalue weighted by atomic mass is 15.2. The van der Waals surface area contributed by atoms with Gasteiger partial charge in [0.1, 0.15) is 0 Å². The molecule has 1 heterocycles. The van der Waals surface area contributed by atoms with E-state index in [1.165, 1.54) is 30.6 Å². The molecule has 1 N–H and O–H groups in total. The summed E-state index contributed by atoms with van der Waals surface area (Å²) in [5.74, 6) is 0.763. The first-order valence-electron chi connectivity index (χ1n) is 6.74. The second kappa shape index (κ2) is 5.54. The lowest BCUT2D eigenvalue weighted by Crippen LogP contribution is -2.43. The van der Waals surface area contributed by atoms with Crippen LogP contribution in [-0.4, -0.2) is 26.2 Å². The molecule has 94 valence electrons. The Bertz CT molecular complexity index is 358. The van der Waals surface area contributed by atoms with Crippen LogP contribution in [0, 0.1) is 5.92 Å². The van der Waals surface area contributed by atoms with Gasteiger partial charge < -0.3 is 10.2 Å². The summed E-state index contributed by atoms with van der Waals surface area (Å²) in [5.41, 5.74) is 2.96. The summed E-state index contributed by atoms with van der Waals surface area (Å²) < 4.78 is 0. The zero-order chi connectivity index (χ0) is 12.3. The number of nitrogens with zero attached hydrogens (tertiary/aromatic N) is 1. The molecule has 1 aliphatic rings. The lowest BCUT2D eigenvalue weighted by Gasteiger charge is -2.37. The molecule has 2 unspecified atom stereocenters. The van der Waals surface area contributed by atoms with Gasteiger partial charge in [0, 0.05) is 24.8 Å². The van der Waals surface area contributed by atoms with Gasteiger partial charge in [0.05, 0.1) is 0 Å². The van der Waals surface area contributed by atoms with Gasteiger partial charge in [0.25, 0.3) is 0 Å². The minimum absolute atomic E-state index is 0.591. The van der Waals surface area contributed by atoms with Crippen molar-refractivity contribution in [3.8, 4) is 0 Å². The summed E-state index contributed by atoms with van der Waals surface area (Å²) in [5, 5.41) is 3.40. The van der Waals surface area contributed by atoms with Crippen molar-refractivity contribution in [2.75, 3.05) is 25.0 Å². The predicted molar refractivity (Wildman–Crippen MR) is 74.7 cm³/mol. The first kappa shape index (κ1) is 12.4. The second-order valence-electron chi connectivity index (χ2n) is 5.24. The van der Waals surface area contributed by atoms with Crippen molar-refractivity contribution in [3.05, 3.63) is 29.8 Å². The van der Waals surface area contributed by atoms with Gasteiger partial charge in [0.15, 0.2) is 0 Å². The molecule has 2 heteroatoms. The Balaban J connectivity index is 2.17. The van der Waals surface area contributed by atoms with E-state index < -0.39 is 0 Å². The number of nitrogens with one attached hydrogen (secondary N) is 1. The van der Waals surface area contributed by atoms with Gasteiger partial charge >= 0.3 is 0 Å². The first-order chi connectivity index (χ1) is 8.24. The fraction of sp³-hybridized carbons (Fsp3) is 0.600. The summed E-state index contributed by atoms with van der Waals surface area (Å²) in [4.78, 5) is 2.55. The summed E-state index contributed by atoms with van der Waals surface area (Å²) in [6, 6.07) is 9.45. The van der Waals surface area contributed by atoms with Crippen molar-refractivity contribution in [1.82, 2.24) is 5.32 Å². The maximum absolute atomic E-state index is 3.40. The summed E-state index contributed by atoms with van der Waals surface area (Å²) in [7, 11) is 2.06. The van der Waals surface area contributed by atoms with Gasteiger partial charge in [-0.05, 0) is 37.4 Å². The molecule has 0 amide bonds. The van der Waals surface area contributed by atoms with Crippen molar-refractivity contribution in [2.45, 2.75) is 32.7 Å². The van der Waals surface area contributed by atoms with Gasteiger partial charge in [-0.25, -0.2) is 0 Å². The van der Waals surface area contributed by atoms with Gasteiger partial charge in [-0.1, -0.05) is 32.0 Å². The maximum Gasteiger partial charge on any atom is 0.0399 e. The first-order valence-corrected chi connectivity index (χ1v) is 6.74. The van der Waals surface area contributed by atoms with Crippen LogP contribution in [0.5, 0.6) is 0 Å². The molecule has 0 aliphatic carbocycles. The van der Waals surface area contributed by atoms with E-state index in [0.717, 1.165) is 12.5 Å². The van der Waals surface area contributed by atoms with E-state index in [1.807, 2.05) is 0 Å². The topological polar surface area (TPSA) is 15.3 Å². The van der Waals surface area contributed by atoms with Gasteiger partial charge in [-0.3, -0.25) is 0 Å². The third kappa shape index (κ3) is 2.81. The normalized spacial score (nSPS) is 21.1. The third-order valence-corrected chi connectivity index (χ3v) is 3.77. The Labute approximate surface area is 105 Å². The fourth-order valence-corrected chi connectivity index (χ4v) is 2.77. The van der Waals surface area contributed by atoms with E-state index in [9.17, 15) is 0 Å². The Morgan fingerprint density at radius 1 is 1.41 bits per heavy atom. The third-order valence-electron chi connectivity index (χ3n) is 3.77. The van der Waals surface area contributed by atoms with E-state index in [-0.39, 0.29) is 0 Å². The van der Waals surface area contributed by atoms with E-state index in [1.54, 1.807) is 0 Å². The minimum Gasteiger partial charge on any atom is -0.369 e. The Kier molecular flexibility index (Phi) is 4.06. The lowest BCUT2D eigenvalue weighted by atomic mass is 9.93. The average Bonchev–Trinajstić information content (AvgIpc) is 2.35. The van der Waals surface area contributed by atoms with Crippen LogP contribution in [0.1, 0.15) is 25.8 Å². The average molecular weight is 232 g/mol. The van der Waals surface area contributed by atoms with Crippen LogP contribution in [0.4, 0.5) is 5.69 Å². The Hall–Kier alpha value is -1.02. The zero-order valence-corrected chi connectivity index (χ0v) is 11.2. The van der Waals surface area contributed by atoms with Crippen molar-refractivity contribution in [3.63, 3.8) is 0 Å². The largest absolute Gasteiger partial charge is 0.369 e. The molecule has 17 heavy (non-hydrogen) atoms. The standard InChI is InChI=1S/C15H24N2/c1-4-14(16-3)11-17-10-12(2)9-13-7-5-6-8-15(13)17/h5-8,12,14,16H,4,9-11H2,1-3H3. The van der Waals surface area contributed by atoms with E-state index in [0.29, 0.717) is 6.04 Å². The van der Waals surface area contributed by atoms with Crippen LogP contribution < -0.4 is 10.2 Å². The van der Waals surface area contributed by atoms with E-state index in [4.69, 9.17) is 0 Å². The van der Waals surface area contributed by atoms with Crippen LogP contribution in [0.25, 0.3) is 0 Å². The number of anilines is 1. The molecule has 1 aliphatic heterocycles. The number of benzene rings is 1. The monoisotopic (exact) mass is 232 g/mol. The quantitative estimate of drug-likeness (QED) is 0.858. The molecule has 0 aromatic heterocycles. The molecule has 0 fully saturated rings. The number of likely N-dealkylation sites (N-methyl/N-ethyl adjacent to an activating group) is 1. The molecule has 0 saturated carbocycles. The summed E-state index contributed by atoms with van der Waals surface area (Å²) >= 11 is 0. The number of hydrogen-bond donors (Lipinski definition) is 1. The van der Waals surface area contributed by atoms with Gasteiger partial charge in [-0.2, -0.15) is 0 Å². The summed E-state index contributed by atoms with van der Waals surface area (Å²) in [6.07, 6.45) is 2.41. The fourth-order valence-electron chi connectivity index (χ4n) is 2.77. The molecule has 2 nitrogen and oxygen atoms in total. The number of fused-ring (bicyclic) bond motifs is 1. The molecule has 2 rings (SSSR count). The van der Waals surface area contributed by atoms with Crippen LogP contribution in [0.2, 0.25) is 0 Å². The molecule has 1 aromatic rings. The van der Waals surface area contributed by atoms with Crippen molar-refractivity contribution in [2.24, 2.45) is 5.92 Å². The highest BCUT2D eigenvalue weighted by molar-refractivity contribution is 5.55. The van der Waals surface area contributed by atoms with Crippen molar-refractivity contribution >= 4 is 5.69 Å². The molecular weight excluding hydrogens is 208 g/mol. The molecular formula is C15H24N2. The minimum atomic E-state index is 0.591. The smallest absolute Gasteiger partial charge is 0.0399 e. The van der Waals surface area contributed by atoms with E-state index >= 15 is 0 Å². The maximum atomic E-state index is 3.40. The van der Waals surface area contributed by atoms with Crippen LogP contribution >= 0.6 is 0 Å². The van der Waals surface area contributed by atoms with Crippen molar-refractivity contribution < 1.29 is 0 Å². The number of hydrogen-bond acceptors (Lipinski definition) is 2. The van der Waals surface area contributed by atoms with E-state index in [2.05, 4.69) is 55.4 Å². The van der Waals surface area contributed by atoms with Crippen LogP contribution in [0.3, 0.4) is 0 Å². The predicted octanol–water partition coefficient (Wildman–Crippen LogP) is 2.68.